The zero-order valence-corrected chi connectivity index (χ0v) is 15.8. The summed E-state index contributed by atoms with van der Waals surface area (Å²) in [5.41, 5.74) is 0.0373. The highest BCUT2D eigenvalue weighted by Crippen LogP contribution is 2.24. The van der Waals surface area contributed by atoms with E-state index in [1.807, 2.05) is 38.1 Å². The number of nitrogens with zero attached hydrogens (tertiary/aromatic N) is 1. The van der Waals surface area contributed by atoms with E-state index >= 15 is 0 Å². The molecule has 1 aromatic carbocycles. The van der Waals surface area contributed by atoms with E-state index in [0.717, 1.165) is 22.6 Å². The summed E-state index contributed by atoms with van der Waals surface area (Å²) in [7, 11) is 1.61. The minimum Gasteiger partial charge on any atom is -0.497 e. The molecule has 2 atom stereocenters. The summed E-state index contributed by atoms with van der Waals surface area (Å²) in [5.74, 6) is 0.0706. The molecule has 4 amide bonds. The van der Waals surface area contributed by atoms with Crippen LogP contribution in [0.2, 0.25) is 0 Å². The Morgan fingerprint density at radius 3 is 2.54 bits per heavy atom. The van der Waals surface area contributed by atoms with Crippen molar-refractivity contribution in [3.63, 3.8) is 0 Å². The molecule has 2 rings (SSSR count). The van der Waals surface area contributed by atoms with Crippen LogP contribution in [0.15, 0.2) is 24.3 Å². The number of carbonyl (C=O) groups excluding carboxylic acids is 3. The average molecular weight is 361 g/mol. The number of rotatable bonds is 8. The fraction of sp³-hybridized carbons (Fsp3) is 0.526. The number of imide groups is 1. The van der Waals surface area contributed by atoms with Crippen LogP contribution in [0.5, 0.6) is 5.75 Å². The topological polar surface area (TPSA) is 87.7 Å². The lowest BCUT2D eigenvalue weighted by atomic mass is 9.93. The Labute approximate surface area is 154 Å². The third-order valence-electron chi connectivity index (χ3n) is 4.74. The third kappa shape index (κ3) is 4.53. The standard InChI is InChI=1S/C19H27N3O4/c1-5-13(2)20-16(23)12-22-17(24)19(3,21-18(22)25)11-10-14-6-8-15(26-4)9-7-14/h6-9,13H,5,10-12H2,1-4H3,(H,20,23)(H,21,25)/t13-,19-/m0/s1. The number of methoxy groups -OCH3 is 1. The smallest absolute Gasteiger partial charge is 0.325 e. The second-order valence-corrected chi connectivity index (χ2v) is 6.88. The molecule has 0 saturated carbocycles. The number of urea groups is 1. The molecule has 7 heteroatoms. The first kappa shape index (κ1) is 19.8. The molecule has 2 N–H and O–H groups in total. The van der Waals surface area contributed by atoms with Crippen LogP contribution in [-0.4, -0.2) is 48.0 Å². The Morgan fingerprint density at radius 1 is 1.31 bits per heavy atom. The van der Waals surface area contributed by atoms with Crippen LogP contribution in [0.4, 0.5) is 4.79 Å². The van der Waals surface area contributed by atoms with Crippen LogP contribution in [0.3, 0.4) is 0 Å². The molecule has 0 aromatic heterocycles. The van der Waals surface area contributed by atoms with Crippen LogP contribution in [0.25, 0.3) is 0 Å². The maximum Gasteiger partial charge on any atom is 0.325 e. The molecular formula is C19H27N3O4. The summed E-state index contributed by atoms with van der Waals surface area (Å²) < 4.78 is 5.13. The molecule has 1 aliphatic heterocycles. The Bertz CT molecular complexity index is 674. The van der Waals surface area contributed by atoms with Gasteiger partial charge in [0, 0.05) is 6.04 Å². The quantitative estimate of drug-likeness (QED) is 0.692. The van der Waals surface area contributed by atoms with Crippen LogP contribution in [-0.2, 0) is 16.0 Å². The van der Waals surface area contributed by atoms with Crippen LogP contribution in [0, 0.1) is 0 Å². The molecule has 0 radical (unpaired) electrons. The van der Waals surface area contributed by atoms with Gasteiger partial charge in [-0.15, -0.1) is 0 Å². The van der Waals surface area contributed by atoms with Crippen LogP contribution < -0.4 is 15.4 Å². The number of aryl methyl sites for hydroxylation is 1. The lowest BCUT2D eigenvalue weighted by molar-refractivity contribution is -0.134. The largest absolute Gasteiger partial charge is 0.497 e. The minimum atomic E-state index is -1.01. The Balaban J connectivity index is 1.97. The second-order valence-electron chi connectivity index (χ2n) is 6.88. The molecule has 0 unspecified atom stereocenters. The van der Waals surface area contributed by atoms with Crippen molar-refractivity contribution >= 4 is 17.8 Å². The van der Waals surface area contributed by atoms with E-state index in [2.05, 4.69) is 10.6 Å². The first-order chi connectivity index (χ1) is 12.3. The van der Waals surface area contributed by atoms with Crippen LogP contribution in [0.1, 0.15) is 39.2 Å². The minimum absolute atomic E-state index is 0.00437. The summed E-state index contributed by atoms with van der Waals surface area (Å²) in [5, 5.41) is 5.50. The van der Waals surface area contributed by atoms with Crippen molar-refractivity contribution in [1.82, 2.24) is 15.5 Å². The summed E-state index contributed by atoms with van der Waals surface area (Å²) >= 11 is 0. The second kappa shape index (κ2) is 8.21. The number of ether oxygens (including phenoxy) is 1. The summed E-state index contributed by atoms with van der Waals surface area (Å²) in [4.78, 5) is 37.9. The molecule has 0 spiro atoms. The lowest BCUT2D eigenvalue weighted by Crippen LogP contribution is -2.46. The van der Waals surface area contributed by atoms with E-state index in [9.17, 15) is 14.4 Å². The normalized spacial score (nSPS) is 20.7. The third-order valence-corrected chi connectivity index (χ3v) is 4.74. The average Bonchev–Trinajstić information content (AvgIpc) is 2.83. The molecule has 1 fully saturated rings. The van der Waals surface area contributed by atoms with E-state index in [-0.39, 0.29) is 24.4 Å². The van der Waals surface area contributed by atoms with Gasteiger partial charge in [-0.2, -0.15) is 0 Å². The van der Waals surface area contributed by atoms with Crippen molar-refractivity contribution in [1.29, 1.82) is 0 Å². The number of amides is 4. The maximum absolute atomic E-state index is 12.7. The van der Waals surface area contributed by atoms with Gasteiger partial charge in [-0.05, 0) is 50.8 Å². The zero-order chi connectivity index (χ0) is 19.3. The number of hydrogen-bond acceptors (Lipinski definition) is 4. The van der Waals surface area contributed by atoms with Crippen molar-refractivity contribution in [2.45, 2.75) is 51.6 Å². The molecule has 1 heterocycles. The monoisotopic (exact) mass is 361 g/mol. The highest BCUT2D eigenvalue weighted by atomic mass is 16.5. The predicted octanol–water partition coefficient (Wildman–Crippen LogP) is 1.85. The van der Waals surface area contributed by atoms with Gasteiger partial charge in [0.1, 0.15) is 17.8 Å². The molecule has 1 aromatic rings. The van der Waals surface area contributed by atoms with Gasteiger partial charge < -0.3 is 15.4 Å². The maximum atomic E-state index is 12.7. The number of hydrogen-bond donors (Lipinski definition) is 2. The molecule has 1 saturated heterocycles. The van der Waals surface area contributed by atoms with Gasteiger partial charge in [0.25, 0.3) is 5.91 Å². The van der Waals surface area contributed by atoms with E-state index in [1.54, 1.807) is 14.0 Å². The molecule has 7 nitrogen and oxygen atoms in total. The molecule has 26 heavy (non-hydrogen) atoms. The van der Waals surface area contributed by atoms with Crippen molar-refractivity contribution in [2.24, 2.45) is 0 Å². The van der Waals surface area contributed by atoms with Gasteiger partial charge in [-0.25, -0.2) is 4.79 Å². The van der Waals surface area contributed by atoms with E-state index in [0.29, 0.717) is 12.8 Å². The van der Waals surface area contributed by atoms with Gasteiger partial charge in [0.15, 0.2) is 0 Å². The van der Waals surface area contributed by atoms with E-state index in [4.69, 9.17) is 4.74 Å². The number of carbonyl (C=O) groups is 3. The molecular weight excluding hydrogens is 334 g/mol. The van der Waals surface area contributed by atoms with Gasteiger partial charge in [0.2, 0.25) is 5.91 Å². The van der Waals surface area contributed by atoms with E-state index in [1.165, 1.54) is 0 Å². The van der Waals surface area contributed by atoms with Crippen LogP contribution >= 0.6 is 0 Å². The fourth-order valence-corrected chi connectivity index (χ4v) is 2.81. The Kier molecular flexibility index (Phi) is 6.23. The molecule has 0 aliphatic carbocycles. The summed E-state index contributed by atoms with van der Waals surface area (Å²) in [6.45, 7) is 5.27. The van der Waals surface area contributed by atoms with Crippen molar-refractivity contribution in [3.8, 4) is 5.75 Å². The highest BCUT2D eigenvalue weighted by molar-refractivity contribution is 6.08. The Morgan fingerprint density at radius 2 is 1.96 bits per heavy atom. The Hall–Kier alpha value is -2.57. The van der Waals surface area contributed by atoms with E-state index < -0.39 is 11.6 Å². The van der Waals surface area contributed by atoms with Crippen molar-refractivity contribution in [2.75, 3.05) is 13.7 Å². The van der Waals surface area contributed by atoms with Gasteiger partial charge >= 0.3 is 6.03 Å². The summed E-state index contributed by atoms with van der Waals surface area (Å²) in [6, 6.07) is 7.06. The zero-order valence-electron chi connectivity index (χ0n) is 15.8. The summed E-state index contributed by atoms with van der Waals surface area (Å²) in [6.07, 6.45) is 1.86. The molecule has 142 valence electrons. The fourth-order valence-electron chi connectivity index (χ4n) is 2.81. The number of nitrogens with one attached hydrogen (secondary N) is 2. The molecule has 1 aliphatic rings. The lowest BCUT2D eigenvalue weighted by Gasteiger charge is -2.22. The predicted molar refractivity (Wildman–Crippen MR) is 97.9 cm³/mol. The SMILES string of the molecule is CC[C@H](C)NC(=O)CN1C(=O)N[C@@](C)(CCc2ccc(OC)cc2)C1=O. The van der Waals surface area contributed by atoms with Crippen molar-refractivity contribution in [3.05, 3.63) is 29.8 Å². The highest BCUT2D eigenvalue weighted by Gasteiger charge is 2.47. The van der Waals surface area contributed by atoms with Gasteiger partial charge in [-0.3, -0.25) is 14.5 Å². The van der Waals surface area contributed by atoms with Gasteiger partial charge in [0.05, 0.1) is 7.11 Å². The number of benzene rings is 1. The van der Waals surface area contributed by atoms with Crippen molar-refractivity contribution < 1.29 is 19.1 Å². The first-order valence-corrected chi connectivity index (χ1v) is 8.85. The molecule has 0 bridgehead atoms. The van der Waals surface area contributed by atoms with Gasteiger partial charge in [-0.1, -0.05) is 19.1 Å². The first-order valence-electron chi connectivity index (χ1n) is 8.85.